The van der Waals surface area contributed by atoms with E-state index in [0.29, 0.717) is 6.54 Å². The van der Waals surface area contributed by atoms with Crippen LogP contribution in [-0.4, -0.2) is 26.7 Å². The molecule has 5 heteroatoms. The average Bonchev–Trinajstić information content (AvgIpc) is 2.67. The van der Waals surface area contributed by atoms with Crippen molar-refractivity contribution in [2.75, 3.05) is 11.5 Å². The molecule has 4 nitrogen and oxygen atoms in total. The summed E-state index contributed by atoms with van der Waals surface area (Å²) in [6.07, 6.45) is 2.44. The number of aromatic nitrogens is 3. The lowest BCUT2D eigenvalue weighted by molar-refractivity contribution is 0.446. The van der Waals surface area contributed by atoms with Gasteiger partial charge in [0.1, 0.15) is 5.82 Å². The quantitative estimate of drug-likeness (QED) is 0.769. The Kier molecular flexibility index (Phi) is 2.78. The van der Waals surface area contributed by atoms with E-state index in [1.807, 2.05) is 11.8 Å². The van der Waals surface area contributed by atoms with Gasteiger partial charge in [-0.25, -0.2) is 4.98 Å². The minimum Gasteiger partial charge on any atom is -0.324 e. The van der Waals surface area contributed by atoms with Crippen molar-refractivity contribution in [3.63, 3.8) is 0 Å². The second-order valence-corrected chi connectivity index (χ2v) is 5.13. The van der Waals surface area contributed by atoms with Gasteiger partial charge in [-0.2, -0.15) is 16.9 Å². The molecule has 3 N–H and O–H groups in total. The van der Waals surface area contributed by atoms with Crippen LogP contribution in [0, 0.1) is 0 Å². The Bertz CT molecular complexity index is 304. The van der Waals surface area contributed by atoms with Gasteiger partial charge in [-0.3, -0.25) is 5.10 Å². The van der Waals surface area contributed by atoms with Gasteiger partial charge in [-0.15, -0.1) is 0 Å². The molecule has 1 saturated heterocycles. The molecule has 1 atom stereocenters. The van der Waals surface area contributed by atoms with Crippen molar-refractivity contribution >= 4 is 11.8 Å². The first kappa shape index (κ1) is 9.98. The molecule has 1 aromatic heterocycles. The molecule has 0 spiro atoms. The molecule has 2 heterocycles. The van der Waals surface area contributed by atoms with Crippen molar-refractivity contribution in [2.45, 2.75) is 31.7 Å². The third-order valence-corrected chi connectivity index (χ3v) is 4.12. The fraction of sp³-hybridized carbons (Fsp3) is 0.778. The van der Waals surface area contributed by atoms with Crippen molar-refractivity contribution in [2.24, 2.45) is 5.73 Å². The van der Waals surface area contributed by atoms with Gasteiger partial charge in [0.2, 0.25) is 0 Å². The van der Waals surface area contributed by atoms with E-state index in [0.717, 1.165) is 17.4 Å². The predicted molar refractivity (Wildman–Crippen MR) is 58.2 cm³/mol. The van der Waals surface area contributed by atoms with Crippen LogP contribution in [-0.2, 0) is 12.0 Å². The third kappa shape index (κ3) is 1.79. The second-order valence-electron chi connectivity index (χ2n) is 4.03. The molecule has 1 aromatic rings. The first-order valence-corrected chi connectivity index (χ1v) is 6.10. The molecule has 0 radical (unpaired) electrons. The molecule has 0 amide bonds. The van der Waals surface area contributed by atoms with Crippen molar-refractivity contribution < 1.29 is 0 Å². The van der Waals surface area contributed by atoms with Gasteiger partial charge in [-0.05, 0) is 18.6 Å². The van der Waals surface area contributed by atoms with Crippen molar-refractivity contribution in [3.8, 4) is 0 Å². The van der Waals surface area contributed by atoms with Gasteiger partial charge in [-0.1, -0.05) is 6.92 Å². The van der Waals surface area contributed by atoms with Crippen LogP contribution in [0.3, 0.4) is 0 Å². The highest BCUT2D eigenvalue weighted by Gasteiger charge is 2.32. The molecule has 78 valence electrons. The lowest BCUT2D eigenvalue weighted by Gasteiger charge is -2.29. The number of hydrogen-bond acceptors (Lipinski definition) is 4. The molecule has 0 bridgehead atoms. The Morgan fingerprint density at radius 3 is 3.07 bits per heavy atom. The van der Waals surface area contributed by atoms with Crippen molar-refractivity contribution in [3.05, 3.63) is 11.6 Å². The molecule has 14 heavy (non-hydrogen) atoms. The van der Waals surface area contributed by atoms with Crippen LogP contribution in [0.25, 0.3) is 0 Å². The zero-order chi connectivity index (χ0) is 10.0. The normalized spacial score (nSPS) is 27.9. The monoisotopic (exact) mass is 212 g/mol. The first-order chi connectivity index (χ1) is 6.74. The van der Waals surface area contributed by atoms with Crippen molar-refractivity contribution in [1.29, 1.82) is 0 Å². The summed E-state index contributed by atoms with van der Waals surface area (Å²) in [4.78, 5) is 4.42. The summed E-state index contributed by atoms with van der Waals surface area (Å²) in [7, 11) is 0. The van der Waals surface area contributed by atoms with Crippen LogP contribution < -0.4 is 5.73 Å². The van der Waals surface area contributed by atoms with Gasteiger partial charge < -0.3 is 5.73 Å². The molecule has 1 aliphatic heterocycles. The van der Waals surface area contributed by atoms with Gasteiger partial charge >= 0.3 is 0 Å². The van der Waals surface area contributed by atoms with E-state index in [1.165, 1.54) is 18.6 Å². The molecule has 0 aliphatic carbocycles. The summed E-state index contributed by atoms with van der Waals surface area (Å²) in [6, 6.07) is 0. The standard InChI is InChI=1S/C9H16N4S/c1-9(3-2-4-14-6-9)8-11-7(5-10)12-13-8/h2-6,10H2,1H3,(H,11,12,13). The number of thioether (sulfide) groups is 1. The molecular formula is C9H16N4S. The van der Waals surface area contributed by atoms with Gasteiger partial charge in [0.05, 0.1) is 6.54 Å². The number of rotatable bonds is 2. The van der Waals surface area contributed by atoms with E-state index < -0.39 is 0 Å². The predicted octanol–water partition coefficient (Wildman–Crippen LogP) is 1.05. The van der Waals surface area contributed by atoms with Gasteiger partial charge in [0.25, 0.3) is 0 Å². The highest BCUT2D eigenvalue weighted by Crippen LogP contribution is 2.35. The van der Waals surface area contributed by atoms with E-state index in [1.54, 1.807) is 0 Å². The van der Waals surface area contributed by atoms with E-state index in [-0.39, 0.29) is 5.41 Å². The van der Waals surface area contributed by atoms with Crippen LogP contribution in [0.2, 0.25) is 0 Å². The van der Waals surface area contributed by atoms with E-state index >= 15 is 0 Å². The van der Waals surface area contributed by atoms with Gasteiger partial charge in [0.15, 0.2) is 5.82 Å². The fourth-order valence-corrected chi connectivity index (χ4v) is 2.98. The maximum Gasteiger partial charge on any atom is 0.157 e. The van der Waals surface area contributed by atoms with Crippen LogP contribution in [0.5, 0.6) is 0 Å². The lowest BCUT2D eigenvalue weighted by Crippen LogP contribution is -2.30. The Labute approximate surface area is 88.1 Å². The molecular weight excluding hydrogens is 196 g/mol. The zero-order valence-electron chi connectivity index (χ0n) is 8.42. The number of aromatic amines is 1. The average molecular weight is 212 g/mol. The van der Waals surface area contributed by atoms with Crippen LogP contribution in [0.15, 0.2) is 0 Å². The van der Waals surface area contributed by atoms with E-state index in [2.05, 4.69) is 22.1 Å². The Hall–Kier alpha value is -0.550. The summed E-state index contributed by atoms with van der Waals surface area (Å²) < 4.78 is 0. The number of H-pyrrole nitrogens is 1. The first-order valence-electron chi connectivity index (χ1n) is 4.94. The molecule has 1 unspecified atom stereocenters. The second kappa shape index (κ2) is 3.90. The summed E-state index contributed by atoms with van der Waals surface area (Å²) in [5.74, 6) is 4.11. The lowest BCUT2D eigenvalue weighted by atomic mass is 9.86. The largest absolute Gasteiger partial charge is 0.324 e. The minimum absolute atomic E-state index is 0.146. The maximum absolute atomic E-state index is 5.50. The SMILES string of the molecule is CC1(c2n[nH]c(CN)n2)CCCSC1. The molecule has 1 aliphatic rings. The molecule has 2 rings (SSSR count). The van der Waals surface area contributed by atoms with Crippen LogP contribution in [0.1, 0.15) is 31.4 Å². The molecule has 1 fully saturated rings. The van der Waals surface area contributed by atoms with E-state index in [9.17, 15) is 0 Å². The van der Waals surface area contributed by atoms with Crippen LogP contribution in [0.4, 0.5) is 0 Å². The fourth-order valence-electron chi connectivity index (χ4n) is 1.77. The zero-order valence-corrected chi connectivity index (χ0v) is 9.23. The maximum atomic E-state index is 5.50. The summed E-state index contributed by atoms with van der Waals surface area (Å²) in [6.45, 7) is 2.68. The Balaban J connectivity index is 2.19. The highest BCUT2D eigenvalue weighted by molar-refractivity contribution is 7.99. The number of nitrogens with two attached hydrogens (primary N) is 1. The summed E-state index contributed by atoms with van der Waals surface area (Å²) in [5, 5.41) is 7.14. The number of hydrogen-bond donors (Lipinski definition) is 2. The topological polar surface area (TPSA) is 67.6 Å². The van der Waals surface area contributed by atoms with Crippen molar-refractivity contribution in [1.82, 2.24) is 15.2 Å². The minimum atomic E-state index is 0.146. The highest BCUT2D eigenvalue weighted by atomic mass is 32.2. The smallest absolute Gasteiger partial charge is 0.157 e. The summed E-state index contributed by atoms with van der Waals surface area (Å²) >= 11 is 1.99. The summed E-state index contributed by atoms with van der Waals surface area (Å²) in [5.41, 5.74) is 5.64. The molecule has 0 aromatic carbocycles. The Morgan fingerprint density at radius 1 is 1.64 bits per heavy atom. The van der Waals surface area contributed by atoms with Gasteiger partial charge in [0, 0.05) is 11.2 Å². The third-order valence-electron chi connectivity index (χ3n) is 2.70. The van der Waals surface area contributed by atoms with Crippen LogP contribution >= 0.6 is 11.8 Å². The number of nitrogens with one attached hydrogen (secondary N) is 1. The number of nitrogens with zero attached hydrogens (tertiary/aromatic N) is 2. The molecule has 0 saturated carbocycles. The van der Waals surface area contributed by atoms with E-state index in [4.69, 9.17) is 5.73 Å². The Morgan fingerprint density at radius 2 is 2.50 bits per heavy atom.